The minimum absolute atomic E-state index is 0.0358. The van der Waals surface area contributed by atoms with E-state index in [4.69, 9.17) is 9.47 Å². The van der Waals surface area contributed by atoms with Gasteiger partial charge in [-0.1, -0.05) is 42.5 Å². The molecule has 2 aromatic carbocycles. The molecule has 158 valence electrons. The predicted molar refractivity (Wildman–Crippen MR) is 114 cm³/mol. The summed E-state index contributed by atoms with van der Waals surface area (Å²) in [6, 6.07) is 15.4. The Hall–Kier alpha value is -3.12. The lowest BCUT2D eigenvalue weighted by atomic mass is 9.95. The summed E-state index contributed by atoms with van der Waals surface area (Å²) in [6.07, 6.45) is 0.619. The van der Waals surface area contributed by atoms with Gasteiger partial charge >= 0.3 is 0 Å². The van der Waals surface area contributed by atoms with Crippen molar-refractivity contribution in [1.82, 2.24) is 4.90 Å². The molecule has 2 aromatic rings. The second kappa shape index (κ2) is 9.59. The summed E-state index contributed by atoms with van der Waals surface area (Å²) in [4.78, 5) is 27.2. The smallest absolute Gasteiger partial charge is 0.295 e. The van der Waals surface area contributed by atoms with Gasteiger partial charge in [0, 0.05) is 25.8 Å². The summed E-state index contributed by atoms with van der Waals surface area (Å²) in [7, 11) is 1.59. The van der Waals surface area contributed by atoms with E-state index in [1.165, 1.54) is 4.90 Å². The molecule has 0 saturated carbocycles. The fourth-order valence-electron chi connectivity index (χ4n) is 3.59. The van der Waals surface area contributed by atoms with E-state index < -0.39 is 17.7 Å². The highest BCUT2D eigenvalue weighted by atomic mass is 16.5. The zero-order valence-electron chi connectivity index (χ0n) is 17.5. The molecule has 1 aliphatic heterocycles. The topological polar surface area (TPSA) is 76.1 Å². The number of nitrogens with zero attached hydrogens (tertiary/aromatic N) is 1. The number of likely N-dealkylation sites (tertiary alicyclic amines) is 1. The summed E-state index contributed by atoms with van der Waals surface area (Å²) >= 11 is 0. The third-order valence-electron chi connectivity index (χ3n) is 4.90. The van der Waals surface area contributed by atoms with Crippen LogP contribution >= 0.6 is 0 Å². The van der Waals surface area contributed by atoms with Crippen molar-refractivity contribution in [3.63, 3.8) is 0 Å². The molecule has 3 rings (SSSR count). The third kappa shape index (κ3) is 4.54. The van der Waals surface area contributed by atoms with Crippen LogP contribution in [0.3, 0.4) is 0 Å². The van der Waals surface area contributed by atoms with Gasteiger partial charge < -0.3 is 19.5 Å². The van der Waals surface area contributed by atoms with Crippen molar-refractivity contribution in [2.24, 2.45) is 0 Å². The Morgan fingerprint density at radius 2 is 1.73 bits per heavy atom. The highest BCUT2D eigenvalue weighted by Crippen LogP contribution is 2.39. The minimum Gasteiger partial charge on any atom is -0.507 e. The van der Waals surface area contributed by atoms with Gasteiger partial charge in [0.15, 0.2) is 0 Å². The minimum atomic E-state index is -0.679. The largest absolute Gasteiger partial charge is 0.507 e. The number of aliphatic hydroxyl groups is 1. The quantitative estimate of drug-likeness (QED) is 0.309. The molecule has 1 aliphatic rings. The maximum absolute atomic E-state index is 12.9. The Morgan fingerprint density at radius 1 is 1.07 bits per heavy atom. The first-order valence-electron chi connectivity index (χ1n) is 10.0. The van der Waals surface area contributed by atoms with Gasteiger partial charge in [-0.15, -0.1) is 0 Å². The van der Waals surface area contributed by atoms with Crippen LogP contribution in [0.25, 0.3) is 5.76 Å². The van der Waals surface area contributed by atoms with Gasteiger partial charge in [0.05, 0.1) is 17.7 Å². The number of hydrogen-bond acceptors (Lipinski definition) is 5. The molecule has 30 heavy (non-hydrogen) atoms. The molecule has 0 spiro atoms. The average molecular weight is 409 g/mol. The maximum atomic E-state index is 12.9. The number of methoxy groups -OCH3 is 1. The second-order valence-corrected chi connectivity index (χ2v) is 7.44. The first-order valence-corrected chi connectivity index (χ1v) is 10.0. The molecule has 1 atom stereocenters. The molecule has 6 nitrogen and oxygen atoms in total. The first kappa shape index (κ1) is 21.6. The van der Waals surface area contributed by atoms with Crippen LogP contribution in [-0.2, 0) is 14.3 Å². The Bertz CT molecular complexity index is 918. The van der Waals surface area contributed by atoms with E-state index >= 15 is 0 Å². The van der Waals surface area contributed by atoms with E-state index in [1.54, 1.807) is 31.4 Å². The number of benzene rings is 2. The monoisotopic (exact) mass is 409 g/mol. The number of carbonyl (C=O) groups is 2. The molecule has 6 heteroatoms. The van der Waals surface area contributed by atoms with Gasteiger partial charge in [-0.05, 0) is 38.0 Å². The summed E-state index contributed by atoms with van der Waals surface area (Å²) in [6.45, 7) is 4.70. The lowest BCUT2D eigenvalue weighted by Gasteiger charge is -2.25. The normalized spacial score (nSPS) is 18.3. The van der Waals surface area contributed by atoms with E-state index in [1.807, 2.05) is 44.2 Å². The van der Waals surface area contributed by atoms with Crippen LogP contribution in [0.2, 0.25) is 0 Å². The summed E-state index contributed by atoms with van der Waals surface area (Å²) < 4.78 is 10.8. The molecule has 0 aliphatic carbocycles. The Labute approximate surface area is 176 Å². The molecule has 1 unspecified atom stereocenters. The van der Waals surface area contributed by atoms with Gasteiger partial charge in [0.25, 0.3) is 11.7 Å². The summed E-state index contributed by atoms with van der Waals surface area (Å²) in [5.41, 5.74) is 1.33. The molecular weight excluding hydrogens is 382 g/mol. The second-order valence-electron chi connectivity index (χ2n) is 7.44. The SMILES string of the molecule is COCCCN1C(=O)C(=O)/C(=C(\O)c2ccccc2)C1c1ccc(OC(C)C)cc1. The van der Waals surface area contributed by atoms with Crippen molar-refractivity contribution in [1.29, 1.82) is 0 Å². The molecule has 1 fully saturated rings. The van der Waals surface area contributed by atoms with Crippen LogP contribution in [0.4, 0.5) is 0 Å². The standard InChI is InChI=1S/C24H27NO5/c1-16(2)30-19-12-10-17(11-13-19)21-20(22(26)18-8-5-4-6-9-18)23(27)24(28)25(21)14-7-15-29-3/h4-6,8-13,16,21,26H,7,14-15H2,1-3H3/b22-20-. The third-order valence-corrected chi connectivity index (χ3v) is 4.90. The molecule has 0 bridgehead atoms. The van der Waals surface area contributed by atoms with Gasteiger partial charge in [0.2, 0.25) is 0 Å². The van der Waals surface area contributed by atoms with Crippen LogP contribution in [0, 0.1) is 0 Å². The van der Waals surface area contributed by atoms with Crippen molar-refractivity contribution in [2.75, 3.05) is 20.3 Å². The van der Waals surface area contributed by atoms with E-state index in [0.717, 1.165) is 5.56 Å². The number of carbonyl (C=O) groups excluding carboxylic acids is 2. The average Bonchev–Trinajstić information content (AvgIpc) is 2.99. The molecule has 1 N–H and O–H groups in total. The molecule has 1 saturated heterocycles. The van der Waals surface area contributed by atoms with E-state index in [9.17, 15) is 14.7 Å². The fraction of sp³-hybridized carbons (Fsp3) is 0.333. The summed E-state index contributed by atoms with van der Waals surface area (Å²) in [5, 5.41) is 10.9. The highest BCUT2D eigenvalue weighted by molar-refractivity contribution is 6.46. The lowest BCUT2D eigenvalue weighted by Crippen LogP contribution is -2.31. The first-order chi connectivity index (χ1) is 14.4. The van der Waals surface area contributed by atoms with Crippen LogP contribution in [0.5, 0.6) is 5.75 Å². The molecule has 0 radical (unpaired) electrons. The van der Waals surface area contributed by atoms with Gasteiger partial charge in [-0.25, -0.2) is 0 Å². The Kier molecular flexibility index (Phi) is 6.90. The van der Waals surface area contributed by atoms with E-state index in [0.29, 0.717) is 30.9 Å². The lowest BCUT2D eigenvalue weighted by molar-refractivity contribution is -0.140. The van der Waals surface area contributed by atoms with Crippen molar-refractivity contribution < 1.29 is 24.2 Å². The van der Waals surface area contributed by atoms with Gasteiger partial charge in [-0.3, -0.25) is 9.59 Å². The van der Waals surface area contributed by atoms with Crippen LogP contribution in [0.15, 0.2) is 60.2 Å². The predicted octanol–water partition coefficient (Wildman–Crippen LogP) is 3.93. The number of ketones is 1. The van der Waals surface area contributed by atoms with E-state index in [-0.39, 0.29) is 17.4 Å². The van der Waals surface area contributed by atoms with Crippen LogP contribution in [-0.4, -0.2) is 48.1 Å². The number of ether oxygens (including phenoxy) is 2. The molecule has 0 aromatic heterocycles. The van der Waals surface area contributed by atoms with Crippen molar-refractivity contribution >= 4 is 17.4 Å². The Morgan fingerprint density at radius 3 is 2.33 bits per heavy atom. The zero-order chi connectivity index (χ0) is 21.7. The highest BCUT2D eigenvalue weighted by Gasteiger charge is 2.45. The fourth-order valence-corrected chi connectivity index (χ4v) is 3.59. The summed E-state index contributed by atoms with van der Waals surface area (Å²) in [5.74, 6) is -0.763. The van der Waals surface area contributed by atoms with Crippen LogP contribution in [0.1, 0.15) is 37.4 Å². The number of Topliss-reactive ketones (excluding diaryl/α,β-unsaturated/α-hetero) is 1. The number of rotatable bonds is 8. The van der Waals surface area contributed by atoms with Crippen LogP contribution < -0.4 is 4.74 Å². The van der Waals surface area contributed by atoms with Crippen molar-refractivity contribution in [3.8, 4) is 5.75 Å². The molecular formula is C24H27NO5. The molecule has 1 amide bonds. The van der Waals surface area contributed by atoms with Crippen molar-refractivity contribution in [2.45, 2.75) is 32.4 Å². The van der Waals surface area contributed by atoms with E-state index in [2.05, 4.69) is 0 Å². The molecule has 1 heterocycles. The Balaban J connectivity index is 2.05. The van der Waals surface area contributed by atoms with Gasteiger partial charge in [-0.2, -0.15) is 0 Å². The number of hydrogen-bond donors (Lipinski definition) is 1. The maximum Gasteiger partial charge on any atom is 0.295 e. The zero-order valence-corrected chi connectivity index (χ0v) is 17.5. The van der Waals surface area contributed by atoms with Gasteiger partial charge in [0.1, 0.15) is 11.5 Å². The number of aliphatic hydroxyl groups excluding tert-OH is 1. The van der Waals surface area contributed by atoms with Crippen molar-refractivity contribution in [3.05, 3.63) is 71.3 Å². The number of amides is 1.